The highest BCUT2D eigenvalue weighted by Crippen LogP contribution is 2.22. The first-order valence-electron chi connectivity index (χ1n) is 6.20. The Morgan fingerprint density at radius 1 is 1.44 bits per heavy atom. The van der Waals surface area contributed by atoms with Gasteiger partial charge in [0.15, 0.2) is 0 Å². The Hall–Kier alpha value is -1.30. The van der Waals surface area contributed by atoms with E-state index in [1.165, 1.54) is 19.8 Å². The summed E-state index contributed by atoms with van der Waals surface area (Å²) in [6, 6.07) is 2.03. The maximum Gasteiger partial charge on any atom is 0.216 e. The van der Waals surface area contributed by atoms with Crippen LogP contribution >= 0.6 is 11.8 Å². The maximum atomic E-state index is 10.7. The number of hydrogen-bond donors (Lipinski definition) is 1. The van der Waals surface area contributed by atoms with E-state index in [9.17, 15) is 4.79 Å². The van der Waals surface area contributed by atoms with Gasteiger partial charge >= 0.3 is 0 Å². The van der Waals surface area contributed by atoms with Gasteiger partial charge in [-0.1, -0.05) is 0 Å². The molecule has 18 heavy (non-hydrogen) atoms. The number of carbonyl (C=O) groups excluding carboxylic acids is 1. The van der Waals surface area contributed by atoms with Gasteiger partial charge in [0, 0.05) is 38.4 Å². The topological polar surface area (TPSA) is 58.1 Å². The van der Waals surface area contributed by atoms with E-state index in [2.05, 4.69) is 20.2 Å². The van der Waals surface area contributed by atoms with E-state index in [0.717, 1.165) is 29.7 Å². The number of amides is 1. The van der Waals surface area contributed by atoms with Crippen LogP contribution in [-0.4, -0.2) is 41.3 Å². The van der Waals surface area contributed by atoms with E-state index in [0.29, 0.717) is 6.54 Å². The van der Waals surface area contributed by atoms with E-state index < -0.39 is 0 Å². The number of hydrogen-bond acceptors (Lipinski definition) is 5. The highest BCUT2D eigenvalue weighted by molar-refractivity contribution is 7.99. The smallest absolute Gasteiger partial charge is 0.216 e. The van der Waals surface area contributed by atoms with Crippen molar-refractivity contribution in [2.75, 3.05) is 30.3 Å². The number of aromatic nitrogens is 2. The lowest BCUT2D eigenvalue weighted by Crippen LogP contribution is -2.22. The monoisotopic (exact) mass is 266 g/mol. The van der Waals surface area contributed by atoms with Crippen molar-refractivity contribution in [3.05, 3.63) is 12.4 Å². The van der Waals surface area contributed by atoms with Crippen LogP contribution in [0.15, 0.2) is 17.4 Å². The largest absolute Gasteiger partial charge is 0.356 e. The standard InChI is InChI=1S/C12H18N4OS/c1-10(17)13-4-7-18-12-8-11(14-9-15-12)16-5-2-3-6-16/h8-9H,2-7H2,1H3,(H,13,17). The molecule has 0 aliphatic carbocycles. The summed E-state index contributed by atoms with van der Waals surface area (Å²) in [4.78, 5) is 21.6. The van der Waals surface area contributed by atoms with Gasteiger partial charge in [0.1, 0.15) is 17.2 Å². The summed E-state index contributed by atoms with van der Waals surface area (Å²) < 4.78 is 0. The molecular weight excluding hydrogens is 248 g/mol. The number of carbonyl (C=O) groups is 1. The van der Waals surface area contributed by atoms with Crippen LogP contribution in [0.5, 0.6) is 0 Å². The van der Waals surface area contributed by atoms with Crippen molar-refractivity contribution in [3.63, 3.8) is 0 Å². The Kier molecular flexibility index (Phi) is 4.81. The number of nitrogens with one attached hydrogen (secondary N) is 1. The Morgan fingerprint density at radius 3 is 2.94 bits per heavy atom. The Morgan fingerprint density at radius 2 is 2.22 bits per heavy atom. The minimum atomic E-state index is 0.0102. The number of anilines is 1. The number of nitrogens with zero attached hydrogens (tertiary/aromatic N) is 3. The van der Waals surface area contributed by atoms with Gasteiger partial charge in [-0.15, -0.1) is 11.8 Å². The van der Waals surface area contributed by atoms with Crippen LogP contribution in [0, 0.1) is 0 Å². The first-order valence-corrected chi connectivity index (χ1v) is 7.18. The molecule has 0 unspecified atom stereocenters. The molecule has 1 fully saturated rings. The van der Waals surface area contributed by atoms with Crippen LogP contribution < -0.4 is 10.2 Å². The molecular formula is C12H18N4OS. The number of thioether (sulfide) groups is 1. The predicted molar refractivity (Wildman–Crippen MR) is 72.9 cm³/mol. The van der Waals surface area contributed by atoms with Gasteiger partial charge in [-0.2, -0.15) is 0 Å². The third-order valence-electron chi connectivity index (χ3n) is 2.78. The van der Waals surface area contributed by atoms with Crippen LogP contribution in [0.4, 0.5) is 5.82 Å². The lowest BCUT2D eigenvalue weighted by atomic mass is 10.4. The van der Waals surface area contributed by atoms with Crippen LogP contribution in [0.2, 0.25) is 0 Å². The highest BCUT2D eigenvalue weighted by atomic mass is 32.2. The zero-order valence-electron chi connectivity index (χ0n) is 10.6. The lowest BCUT2D eigenvalue weighted by Gasteiger charge is -2.16. The maximum absolute atomic E-state index is 10.7. The molecule has 2 rings (SSSR count). The molecule has 2 heterocycles. The van der Waals surface area contributed by atoms with Crippen LogP contribution in [0.1, 0.15) is 19.8 Å². The zero-order valence-corrected chi connectivity index (χ0v) is 11.4. The second kappa shape index (κ2) is 6.58. The molecule has 0 spiro atoms. The van der Waals surface area contributed by atoms with E-state index in [-0.39, 0.29) is 5.91 Å². The molecule has 1 saturated heterocycles. The van der Waals surface area contributed by atoms with E-state index >= 15 is 0 Å². The fraction of sp³-hybridized carbons (Fsp3) is 0.583. The SMILES string of the molecule is CC(=O)NCCSc1cc(N2CCCC2)ncn1. The molecule has 6 heteroatoms. The summed E-state index contributed by atoms with van der Waals surface area (Å²) in [5, 5.41) is 3.74. The van der Waals surface area contributed by atoms with E-state index in [1.807, 2.05) is 6.07 Å². The van der Waals surface area contributed by atoms with Crippen molar-refractivity contribution in [2.45, 2.75) is 24.8 Å². The van der Waals surface area contributed by atoms with Crippen LogP contribution in [-0.2, 0) is 4.79 Å². The average Bonchev–Trinajstić information content (AvgIpc) is 2.89. The normalized spacial score (nSPS) is 14.8. The van der Waals surface area contributed by atoms with Gasteiger partial charge in [-0.25, -0.2) is 9.97 Å². The highest BCUT2D eigenvalue weighted by Gasteiger charge is 2.13. The van der Waals surface area contributed by atoms with Gasteiger partial charge in [-0.3, -0.25) is 4.79 Å². The summed E-state index contributed by atoms with van der Waals surface area (Å²) >= 11 is 1.64. The molecule has 1 aromatic rings. The summed E-state index contributed by atoms with van der Waals surface area (Å²) in [6.07, 6.45) is 4.11. The minimum Gasteiger partial charge on any atom is -0.356 e. The van der Waals surface area contributed by atoms with Crippen molar-refractivity contribution >= 4 is 23.5 Å². The first kappa shape index (κ1) is 13.1. The van der Waals surface area contributed by atoms with Gasteiger partial charge in [0.25, 0.3) is 0 Å². The fourth-order valence-electron chi connectivity index (χ4n) is 1.91. The minimum absolute atomic E-state index is 0.0102. The van der Waals surface area contributed by atoms with Crippen LogP contribution in [0.25, 0.3) is 0 Å². The quantitative estimate of drug-likeness (QED) is 0.494. The molecule has 5 nitrogen and oxygen atoms in total. The van der Waals surface area contributed by atoms with Crippen LogP contribution in [0.3, 0.4) is 0 Å². The second-order valence-corrected chi connectivity index (χ2v) is 5.36. The Bertz CT molecular complexity index is 407. The van der Waals surface area contributed by atoms with Crippen molar-refractivity contribution < 1.29 is 4.79 Å². The van der Waals surface area contributed by atoms with Gasteiger partial charge < -0.3 is 10.2 Å². The molecule has 1 aromatic heterocycles. The van der Waals surface area contributed by atoms with Gasteiger partial charge in [0.05, 0.1) is 0 Å². The van der Waals surface area contributed by atoms with E-state index in [1.54, 1.807) is 18.1 Å². The predicted octanol–water partition coefficient (Wildman–Crippen LogP) is 1.30. The fourth-order valence-corrected chi connectivity index (χ4v) is 2.63. The Labute approximate surface area is 111 Å². The molecule has 0 atom stereocenters. The number of rotatable bonds is 5. The summed E-state index contributed by atoms with van der Waals surface area (Å²) in [7, 11) is 0. The van der Waals surface area contributed by atoms with Crippen molar-refractivity contribution in [2.24, 2.45) is 0 Å². The molecule has 1 N–H and O–H groups in total. The molecule has 98 valence electrons. The lowest BCUT2D eigenvalue weighted by molar-refractivity contribution is -0.118. The molecule has 0 radical (unpaired) electrons. The zero-order chi connectivity index (χ0) is 12.8. The van der Waals surface area contributed by atoms with Crippen molar-refractivity contribution in [3.8, 4) is 0 Å². The third kappa shape index (κ3) is 3.87. The van der Waals surface area contributed by atoms with Gasteiger partial charge in [0.2, 0.25) is 5.91 Å². The van der Waals surface area contributed by atoms with E-state index in [4.69, 9.17) is 0 Å². The average molecular weight is 266 g/mol. The first-order chi connectivity index (χ1) is 8.75. The molecule has 0 bridgehead atoms. The van der Waals surface area contributed by atoms with Crippen molar-refractivity contribution in [1.29, 1.82) is 0 Å². The summed E-state index contributed by atoms with van der Waals surface area (Å²) in [5.41, 5.74) is 0. The summed E-state index contributed by atoms with van der Waals surface area (Å²) in [5.74, 6) is 1.86. The third-order valence-corrected chi connectivity index (χ3v) is 3.71. The molecule has 1 aliphatic heterocycles. The molecule has 1 amide bonds. The Balaban J connectivity index is 1.85. The molecule has 0 saturated carbocycles. The van der Waals surface area contributed by atoms with Gasteiger partial charge in [-0.05, 0) is 12.8 Å². The molecule has 1 aliphatic rings. The second-order valence-electron chi connectivity index (χ2n) is 4.24. The summed E-state index contributed by atoms with van der Waals surface area (Å²) in [6.45, 7) is 4.38. The molecule has 0 aromatic carbocycles. The van der Waals surface area contributed by atoms with Crippen molar-refractivity contribution in [1.82, 2.24) is 15.3 Å².